The highest BCUT2D eigenvalue weighted by Crippen LogP contribution is 2.22. The van der Waals surface area contributed by atoms with Crippen molar-refractivity contribution in [1.82, 2.24) is 0 Å². The summed E-state index contributed by atoms with van der Waals surface area (Å²) < 4.78 is 1.07. The van der Waals surface area contributed by atoms with E-state index in [1.54, 1.807) is 0 Å². The molecule has 1 N–H and O–H groups in total. The van der Waals surface area contributed by atoms with E-state index < -0.39 is 0 Å². The van der Waals surface area contributed by atoms with Gasteiger partial charge in [-0.25, -0.2) is 0 Å². The van der Waals surface area contributed by atoms with Crippen molar-refractivity contribution in [2.45, 2.75) is 12.8 Å². The molecule has 2 rings (SSSR count). The van der Waals surface area contributed by atoms with Gasteiger partial charge in [-0.1, -0.05) is 52.3 Å². The van der Waals surface area contributed by atoms with Gasteiger partial charge in [-0.3, -0.25) is 0 Å². The Hall–Kier alpha value is -1.79. The van der Waals surface area contributed by atoms with Crippen molar-refractivity contribution in [1.29, 1.82) is 5.26 Å². The van der Waals surface area contributed by atoms with Gasteiger partial charge in [0.2, 0.25) is 0 Å². The minimum Gasteiger partial charge on any atom is -0.383 e. The lowest BCUT2D eigenvalue weighted by Gasteiger charge is -2.12. The van der Waals surface area contributed by atoms with Crippen molar-refractivity contribution in [3.8, 4) is 6.07 Å². The molecule has 0 aliphatic heterocycles. The zero-order valence-electron chi connectivity index (χ0n) is 10.7. The van der Waals surface area contributed by atoms with Gasteiger partial charge in [-0.2, -0.15) is 5.26 Å². The summed E-state index contributed by atoms with van der Waals surface area (Å²) in [5.41, 5.74) is 3.27. The third kappa shape index (κ3) is 3.59. The molecule has 2 aromatic carbocycles. The minimum absolute atomic E-state index is 0.138. The molecule has 0 spiro atoms. The fourth-order valence-electron chi connectivity index (χ4n) is 1.85. The van der Waals surface area contributed by atoms with Gasteiger partial charge in [-0.15, -0.1) is 0 Å². The molecule has 3 heteroatoms. The maximum atomic E-state index is 9.26. The van der Waals surface area contributed by atoms with Crippen LogP contribution in [0, 0.1) is 18.3 Å². The zero-order valence-corrected chi connectivity index (χ0v) is 12.3. The molecular formula is C16H15BrN2. The summed E-state index contributed by atoms with van der Waals surface area (Å²) in [5.74, 6) is -0.138. The molecule has 1 atom stereocenters. The van der Waals surface area contributed by atoms with Crippen LogP contribution in [0.2, 0.25) is 0 Å². The summed E-state index contributed by atoms with van der Waals surface area (Å²) in [4.78, 5) is 0. The molecule has 0 fully saturated rings. The average Bonchev–Trinajstić information content (AvgIpc) is 2.44. The molecule has 0 heterocycles. The van der Waals surface area contributed by atoms with E-state index in [4.69, 9.17) is 0 Å². The summed E-state index contributed by atoms with van der Waals surface area (Å²) >= 11 is 3.51. The van der Waals surface area contributed by atoms with Crippen LogP contribution in [-0.2, 0) is 0 Å². The molecule has 0 bridgehead atoms. The SMILES string of the molecule is Cc1ccc(NCC(C#N)c2ccccc2)cc1Br. The Balaban J connectivity index is 2.05. The van der Waals surface area contributed by atoms with E-state index in [0.29, 0.717) is 6.54 Å². The van der Waals surface area contributed by atoms with Gasteiger partial charge >= 0.3 is 0 Å². The maximum absolute atomic E-state index is 9.26. The van der Waals surface area contributed by atoms with E-state index in [1.165, 1.54) is 5.56 Å². The number of aryl methyl sites for hydroxylation is 1. The van der Waals surface area contributed by atoms with Gasteiger partial charge in [0, 0.05) is 16.7 Å². The van der Waals surface area contributed by atoms with Crippen molar-refractivity contribution in [3.05, 3.63) is 64.1 Å². The smallest absolute Gasteiger partial charge is 0.0885 e. The lowest BCUT2D eigenvalue weighted by Crippen LogP contribution is -2.11. The van der Waals surface area contributed by atoms with Crippen molar-refractivity contribution < 1.29 is 0 Å². The van der Waals surface area contributed by atoms with E-state index >= 15 is 0 Å². The molecule has 0 radical (unpaired) electrons. The van der Waals surface area contributed by atoms with Crippen LogP contribution in [0.15, 0.2) is 53.0 Å². The fourth-order valence-corrected chi connectivity index (χ4v) is 2.22. The fraction of sp³-hybridized carbons (Fsp3) is 0.188. The van der Waals surface area contributed by atoms with E-state index in [1.807, 2.05) is 42.5 Å². The predicted molar refractivity (Wildman–Crippen MR) is 82.2 cm³/mol. The lowest BCUT2D eigenvalue weighted by atomic mass is 10.0. The molecule has 0 saturated carbocycles. The molecule has 1 unspecified atom stereocenters. The van der Waals surface area contributed by atoms with E-state index in [0.717, 1.165) is 15.7 Å². The van der Waals surface area contributed by atoms with Crippen LogP contribution in [0.25, 0.3) is 0 Å². The van der Waals surface area contributed by atoms with Gasteiger partial charge in [0.15, 0.2) is 0 Å². The number of nitriles is 1. The third-order valence-corrected chi connectivity index (χ3v) is 3.89. The Morgan fingerprint density at radius 1 is 1.21 bits per heavy atom. The highest BCUT2D eigenvalue weighted by atomic mass is 79.9. The summed E-state index contributed by atoms with van der Waals surface area (Å²) in [5, 5.41) is 12.6. The van der Waals surface area contributed by atoms with Gasteiger partial charge in [0.25, 0.3) is 0 Å². The number of rotatable bonds is 4. The second kappa shape index (κ2) is 6.40. The monoisotopic (exact) mass is 314 g/mol. The first-order chi connectivity index (χ1) is 9.20. The second-order valence-electron chi connectivity index (χ2n) is 4.44. The largest absolute Gasteiger partial charge is 0.383 e. The molecule has 0 saturated heterocycles. The number of nitrogens with one attached hydrogen (secondary N) is 1. The van der Waals surface area contributed by atoms with Gasteiger partial charge in [-0.05, 0) is 30.2 Å². The van der Waals surface area contributed by atoms with Crippen LogP contribution < -0.4 is 5.32 Å². The van der Waals surface area contributed by atoms with E-state index in [-0.39, 0.29) is 5.92 Å². The van der Waals surface area contributed by atoms with Crippen LogP contribution in [0.3, 0.4) is 0 Å². The number of hydrogen-bond donors (Lipinski definition) is 1. The number of nitrogens with zero attached hydrogens (tertiary/aromatic N) is 1. The molecule has 0 aliphatic rings. The number of hydrogen-bond acceptors (Lipinski definition) is 2. The second-order valence-corrected chi connectivity index (χ2v) is 5.29. The standard InChI is InChI=1S/C16H15BrN2/c1-12-7-8-15(9-16(12)17)19-11-14(10-18)13-5-3-2-4-6-13/h2-9,14,19H,11H2,1H3. The third-order valence-electron chi connectivity index (χ3n) is 3.04. The van der Waals surface area contributed by atoms with Crippen LogP contribution in [-0.4, -0.2) is 6.54 Å². The Bertz CT molecular complexity index is 587. The molecular weight excluding hydrogens is 300 g/mol. The van der Waals surface area contributed by atoms with Crippen LogP contribution in [0.5, 0.6) is 0 Å². The normalized spacial score (nSPS) is 11.6. The highest BCUT2D eigenvalue weighted by Gasteiger charge is 2.09. The molecule has 0 amide bonds. The quantitative estimate of drug-likeness (QED) is 0.903. The minimum atomic E-state index is -0.138. The topological polar surface area (TPSA) is 35.8 Å². The Kier molecular flexibility index (Phi) is 4.59. The van der Waals surface area contributed by atoms with Crippen molar-refractivity contribution in [3.63, 3.8) is 0 Å². The summed E-state index contributed by atoms with van der Waals surface area (Å²) in [6, 6.07) is 18.3. The van der Waals surface area contributed by atoms with Crippen molar-refractivity contribution >= 4 is 21.6 Å². The lowest BCUT2D eigenvalue weighted by molar-refractivity contribution is 0.900. The van der Waals surface area contributed by atoms with Crippen LogP contribution >= 0.6 is 15.9 Å². The molecule has 0 aromatic heterocycles. The van der Waals surface area contributed by atoms with Crippen LogP contribution in [0.1, 0.15) is 17.0 Å². The van der Waals surface area contributed by atoms with E-state index in [2.05, 4.69) is 40.3 Å². The van der Waals surface area contributed by atoms with E-state index in [9.17, 15) is 5.26 Å². The number of anilines is 1. The van der Waals surface area contributed by atoms with Crippen molar-refractivity contribution in [2.75, 3.05) is 11.9 Å². The Morgan fingerprint density at radius 3 is 2.58 bits per heavy atom. The predicted octanol–water partition coefficient (Wildman–Crippen LogP) is 4.48. The highest BCUT2D eigenvalue weighted by molar-refractivity contribution is 9.10. The van der Waals surface area contributed by atoms with Gasteiger partial charge < -0.3 is 5.32 Å². The molecule has 96 valence electrons. The molecule has 2 nitrogen and oxygen atoms in total. The number of benzene rings is 2. The zero-order chi connectivity index (χ0) is 13.7. The first-order valence-electron chi connectivity index (χ1n) is 6.15. The maximum Gasteiger partial charge on any atom is 0.0885 e. The first kappa shape index (κ1) is 13.6. The summed E-state index contributed by atoms with van der Waals surface area (Å²) in [7, 11) is 0. The first-order valence-corrected chi connectivity index (χ1v) is 6.94. The molecule has 19 heavy (non-hydrogen) atoms. The Labute approximate surface area is 122 Å². The van der Waals surface area contributed by atoms with Crippen LogP contribution in [0.4, 0.5) is 5.69 Å². The molecule has 0 aliphatic carbocycles. The Morgan fingerprint density at radius 2 is 1.95 bits per heavy atom. The summed E-state index contributed by atoms with van der Waals surface area (Å²) in [6.07, 6.45) is 0. The van der Waals surface area contributed by atoms with Gasteiger partial charge in [0.1, 0.15) is 0 Å². The average molecular weight is 315 g/mol. The van der Waals surface area contributed by atoms with Crippen molar-refractivity contribution in [2.24, 2.45) is 0 Å². The summed E-state index contributed by atoms with van der Waals surface area (Å²) in [6.45, 7) is 2.66. The number of halogens is 1. The van der Waals surface area contributed by atoms with Gasteiger partial charge in [0.05, 0.1) is 12.0 Å². The molecule has 2 aromatic rings.